The van der Waals surface area contributed by atoms with Gasteiger partial charge in [-0.1, -0.05) is 6.42 Å². The van der Waals surface area contributed by atoms with Gasteiger partial charge in [-0.25, -0.2) is 0 Å². The zero-order valence-electron chi connectivity index (χ0n) is 11.3. The fourth-order valence-electron chi connectivity index (χ4n) is 2.58. The fraction of sp³-hybridized carbons (Fsp3) is 0.467. The molecule has 0 radical (unpaired) electrons. The SMILES string of the molecule is N#Cc1ccc(C(=O)NC2CCCC(C(F)(F)F)C2)cc1. The van der Waals surface area contributed by atoms with Crippen molar-refractivity contribution in [1.82, 2.24) is 5.32 Å². The van der Waals surface area contributed by atoms with Crippen LogP contribution >= 0.6 is 0 Å². The molecule has 1 aromatic carbocycles. The van der Waals surface area contributed by atoms with Crippen LogP contribution in [0.5, 0.6) is 0 Å². The van der Waals surface area contributed by atoms with Gasteiger partial charge in [0.05, 0.1) is 17.6 Å². The molecule has 0 aliphatic heterocycles. The van der Waals surface area contributed by atoms with Crippen molar-refractivity contribution in [3.05, 3.63) is 35.4 Å². The summed E-state index contributed by atoms with van der Waals surface area (Å²) in [6.07, 6.45) is -3.10. The lowest BCUT2D eigenvalue weighted by Gasteiger charge is -2.31. The Morgan fingerprint density at radius 2 is 1.90 bits per heavy atom. The number of carbonyl (C=O) groups is 1. The molecule has 1 N–H and O–H groups in total. The Kier molecular flexibility index (Phi) is 4.51. The molecular weight excluding hydrogens is 281 g/mol. The molecule has 1 amide bonds. The number of carbonyl (C=O) groups excluding carboxylic acids is 1. The number of hydrogen-bond donors (Lipinski definition) is 1. The van der Waals surface area contributed by atoms with E-state index in [0.717, 1.165) is 0 Å². The Labute approximate surface area is 120 Å². The predicted molar refractivity (Wildman–Crippen MR) is 70.4 cm³/mol. The molecule has 1 aliphatic carbocycles. The van der Waals surface area contributed by atoms with Gasteiger partial charge in [0.1, 0.15) is 0 Å². The van der Waals surface area contributed by atoms with Crippen molar-refractivity contribution in [2.75, 3.05) is 0 Å². The second-order valence-corrected chi connectivity index (χ2v) is 5.26. The summed E-state index contributed by atoms with van der Waals surface area (Å²) in [5, 5.41) is 11.3. The van der Waals surface area contributed by atoms with Gasteiger partial charge in [0, 0.05) is 11.6 Å². The van der Waals surface area contributed by atoms with Gasteiger partial charge in [-0.3, -0.25) is 4.79 Å². The van der Waals surface area contributed by atoms with Crippen molar-refractivity contribution in [3.8, 4) is 6.07 Å². The van der Waals surface area contributed by atoms with Crippen LogP contribution in [0.2, 0.25) is 0 Å². The average Bonchev–Trinajstić information content (AvgIpc) is 2.47. The van der Waals surface area contributed by atoms with Crippen LogP contribution in [0.15, 0.2) is 24.3 Å². The number of benzene rings is 1. The summed E-state index contributed by atoms with van der Waals surface area (Å²) in [6.45, 7) is 0. The van der Waals surface area contributed by atoms with E-state index in [1.807, 2.05) is 6.07 Å². The number of hydrogen-bond acceptors (Lipinski definition) is 2. The lowest BCUT2D eigenvalue weighted by Crippen LogP contribution is -2.41. The third-order valence-corrected chi connectivity index (χ3v) is 3.75. The largest absolute Gasteiger partial charge is 0.391 e. The quantitative estimate of drug-likeness (QED) is 0.909. The van der Waals surface area contributed by atoms with Crippen LogP contribution in [0, 0.1) is 17.2 Å². The van der Waals surface area contributed by atoms with Gasteiger partial charge in [-0.2, -0.15) is 18.4 Å². The first kappa shape index (κ1) is 15.4. The van der Waals surface area contributed by atoms with E-state index < -0.39 is 24.0 Å². The summed E-state index contributed by atoms with van der Waals surface area (Å²) in [5.41, 5.74) is 0.782. The van der Waals surface area contributed by atoms with Crippen LogP contribution in [0.25, 0.3) is 0 Å². The number of alkyl halides is 3. The third kappa shape index (κ3) is 3.97. The van der Waals surface area contributed by atoms with E-state index in [2.05, 4.69) is 5.32 Å². The van der Waals surface area contributed by atoms with Crippen molar-refractivity contribution in [3.63, 3.8) is 0 Å². The van der Waals surface area contributed by atoms with Crippen LogP contribution in [0.1, 0.15) is 41.6 Å². The summed E-state index contributed by atoms with van der Waals surface area (Å²) >= 11 is 0. The zero-order valence-corrected chi connectivity index (χ0v) is 11.3. The van der Waals surface area contributed by atoms with E-state index in [9.17, 15) is 18.0 Å². The average molecular weight is 296 g/mol. The van der Waals surface area contributed by atoms with Crippen LogP contribution in [-0.4, -0.2) is 18.1 Å². The highest BCUT2D eigenvalue weighted by atomic mass is 19.4. The molecule has 112 valence electrons. The first-order valence-electron chi connectivity index (χ1n) is 6.78. The van der Waals surface area contributed by atoms with Gasteiger partial charge in [-0.05, 0) is 43.5 Å². The van der Waals surface area contributed by atoms with E-state index in [-0.39, 0.29) is 12.8 Å². The molecule has 2 unspecified atom stereocenters. The summed E-state index contributed by atoms with van der Waals surface area (Å²) < 4.78 is 38.1. The Hall–Kier alpha value is -2.03. The van der Waals surface area contributed by atoms with Crippen molar-refractivity contribution in [2.24, 2.45) is 5.92 Å². The topological polar surface area (TPSA) is 52.9 Å². The highest BCUT2D eigenvalue weighted by molar-refractivity contribution is 5.94. The molecule has 6 heteroatoms. The maximum Gasteiger partial charge on any atom is 0.391 e. The maximum atomic E-state index is 12.7. The van der Waals surface area contributed by atoms with Crippen LogP contribution in [0.3, 0.4) is 0 Å². The normalized spacial score (nSPS) is 22.4. The Morgan fingerprint density at radius 3 is 2.48 bits per heavy atom. The van der Waals surface area contributed by atoms with Gasteiger partial charge in [0.25, 0.3) is 5.91 Å². The van der Waals surface area contributed by atoms with Crippen molar-refractivity contribution >= 4 is 5.91 Å². The standard InChI is InChI=1S/C15H15F3N2O/c16-15(17,18)12-2-1-3-13(8-12)20-14(21)11-6-4-10(9-19)5-7-11/h4-7,12-13H,1-3,8H2,(H,20,21). The van der Waals surface area contributed by atoms with Crippen LogP contribution < -0.4 is 5.32 Å². The lowest BCUT2D eigenvalue weighted by atomic mass is 9.85. The Balaban J connectivity index is 1.97. The zero-order chi connectivity index (χ0) is 15.5. The molecule has 21 heavy (non-hydrogen) atoms. The van der Waals surface area contributed by atoms with E-state index in [1.54, 1.807) is 0 Å². The highest BCUT2D eigenvalue weighted by Crippen LogP contribution is 2.37. The van der Waals surface area contributed by atoms with Gasteiger partial charge >= 0.3 is 6.18 Å². The molecular formula is C15H15F3N2O. The maximum absolute atomic E-state index is 12.7. The van der Waals surface area contributed by atoms with Gasteiger partial charge in [0.2, 0.25) is 0 Å². The fourth-order valence-corrected chi connectivity index (χ4v) is 2.58. The number of amides is 1. The number of nitrogens with zero attached hydrogens (tertiary/aromatic N) is 1. The molecule has 0 spiro atoms. The predicted octanol–water partition coefficient (Wildman–Crippen LogP) is 3.41. The first-order valence-corrected chi connectivity index (χ1v) is 6.78. The minimum Gasteiger partial charge on any atom is -0.349 e. The minimum atomic E-state index is -4.20. The molecule has 0 saturated heterocycles. The Bertz CT molecular complexity index is 546. The van der Waals surface area contributed by atoms with Gasteiger partial charge < -0.3 is 5.32 Å². The number of halogens is 3. The first-order chi connectivity index (χ1) is 9.90. The smallest absolute Gasteiger partial charge is 0.349 e. The van der Waals surface area contributed by atoms with E-state index >= 15 is 0 Å². The second kappa shape index (κ2) is 6.17. The van der Waals surface area contributed by atoms with E-state index in [4.69, 9.17) is 5.26 Å². The molecule has 0 aromatic heterocycles. The molecule has 1 fully saturated rings. The molecule has 1 saturated carbocycles. The minimum absolute atomic E-state index is 0.0640. The van der Waals surface area contributed by atoms with E-state index in [1.165, 1.54) is 24.3 Å². The monoisotopic (exact) mass is 296 g/mol. The number of rotatable bonds is 2. The van der Waals surface area contributed by atoms with Crippen LogP contribution in [-0.2, 0) is 0 Å². The summed E-state index contributed by atoms with van der Waals surface area (Å²) in [5.74, 6) is -1.73. The summed E-state index contributed by atoms with van der Waals surface area (Å²) in [6, 6.07) is 7.50. The third-order valence-electron chi connectivity index (χ3n) is 3.75. The molecule has 1 aromatic rings. The Morgan fingerprint density at radius 1 is 1.24 bits per heavy atom. The molecule has 0 heterocycles. The highest BCUT2D eigenvalue weighted by Gasteiger charge is 2.42. The molecule has 2 rings (SSSR count). The second-order valence-electron chi connectivity index (χ2n) is 5.26. The molecule has 3 nitrogen and oxygen atoms in total. The lowest BCUT2D eigenvalue weighted by molar-refractivity contribution is -0.183. The van der Waals surface area contributed by atoms with Crippen LogP contribution in [0.4, 0.5) is 13.2 Å². The number of nitriles is 1. The molecule has 2 atom stereocenters. The van der Waals surface area contributed by atoms with E-state index in [0.29, 0.717) is 24.0 Å². The summed E-state index contributed by atoms with van der Waals surface area (Å²) in [4.78, 5) is 12.0. The van der Waals surface area contributed by atoms with Gasteiger partial charge in [0.15, 0.2) is 0 Å². The molecule has 0 bridgehead atoms. The van der Waals surface area contributed by atoms with Crippen molar-refractivity contribution in [2.45, 2.75) is 37.9 Å². The van der Waals surface area contributed by atoms with Crippen molar-refractivity contribution in [1.29, 1.82) is 5.26 Å². The molecule has 1 aliphatic rings. The van der Waals surface area contributed by atoms with Crippen molar-refractivity contribution < 1.29 is 18.0 Å². The summed E-state index contributed by atoms with van der Waals surface area (Å²) in [7, 11) is 0. The number of nitrogens with one attached hydrogen (secondary N) is 1. The van der Waals surface area contributed by atoms with Gasteiger partial charge in [-0.15, -0.1) is 0 Å².